The number of carbonyl (C=O) groups excluding carboxylic acids is 1. The van der Waals surface area contributed by atoms with Gasteiger partial charge in [0, 0.05) is 20.2 Å². The Hall–Kier alpha value is -1.45. The topological polar surface area (TPSA) is 88.8 Å². The first-order chi connectivity index (χ1) is 9.47. The first-order valence-electron chi connectivity index (χ1n) is 5.67. The second-order valence-corrected chi connectivity index (χ2v) is 4.62. The summed E-state index contributed by atoms with van der Waals surface area (Å²) in [6.45, 7) is 1.26. The molecular weight excluding hydrogens is 336 g/mol. The van der Waals surface area contributed by atoms with Gasteiger partial charge in [-0.25, -0.2) is 4.79 Å². The molecule has 0 aromatic carbocycles. The van der Waals surface area contributed by atoms with Gasteiger partial charge in [-0.1, -0.05) is 0 Å². The minimum atomic E-state index is -0.583. The Morgan fingerprint density at radius 2 is 2.10 bits per heavy atom. The van der Waals surface area contributed by atoms with Crippen LogP contribution in [0.1, 0.15) is 6.92 Å². The van der Waals surface area contributed by atoms with E-state index in [1.54, 1.807) is 0 Å². The van der Waals surface area contributed by atoms with Crippen LogP contribution in [0.4, 0.5) is 0 Å². The third-order valence-corrected chi connectivity index (χ3v) is 2.81. The molecule has 0 aliphatic carbocycles. The molecular formula is C11H15BrN2O6. The zero-order valence-corrected chi connectivity index (χ0v) is 12.7. The minimum Gasteiger partial charge on any atom is -0.444 e. The van der Waals surface area contributed by atoms with Gasteiger partial charge in [-0.15, -0.1) is 0 Å². The maximum Gasteiger partial charge on any atom is 0.333 e. The highest BCUT2D eigenvalue weighted by molar-refractivity contribution is 9.10. The number of esters is 1. The lowest BCUT2D eigenvalue weighted by molar-refractivity contribution is -0.144. The van der Waals surface area contributed by atoms with Crippen molar-refractivity contribution in [1.82, 2.24) is 9.13 Å². The summed E-state index contributed by atoms with van der Waals surface area (Å²) < 4.78 is 16.8. The van der Waals surface area contributed by atoms with Gasteiger partial charge in [-0.2, -0.15) is 0 Å². The van der Waals surface area contributed by atoms with Crippen LogP contribution in [0.15, 0.2) is 20.3 Å². The van der Waals surface area contributed by atoms with Crippen LogP contribution in [0.2, 0.25) is 0 Å². The summed E-state index contributed by atoms with van der Waals surface area (Å²) in [4.78, 5) is 34.7. The maximum atomic E-state index is 12.0. The Labute approximate surface area is 123 Å². The van der Waals surface area contributed by atoms with E-state index in [-0.39, 0.29) is 31.1 Å². The highest BCUT2D eigenvalue weighted by Crippen LogP contribution is 2.00. The number of carbonyl (C=O) groups is 1. The number of hydrogen-bond acceptors (Lipinski definition) is 6. The number of halogens is 1. The van der Waals surface area contributed by atoms with Crippen molar-refractivity contribution in [3.8, 4) is 0 Å². The van der Waals surface area contributed by atoms with Gasteiger partial charge in [-0.3, -0.25) is 18.7 Å². The summed E-state index contributed by atoms with van der Waals surface area (Å²) >= 11 is 3.06. The van der Waals surface area contributed by atoms with Crippen LogP contribution >= 0.6 is 15.9 Å². The van der Waals surface area contributed by atoms with E-state index in [2.05, 4.69) is 15.9 Å². The number of hydrogen-bond donors (Lipinski definition) is 0. The number of ether oxygens (including phenoxy) is 3. The van der Waals surface area contributed by atoms with Crippen molar-refractivity contribution >= 4 is 21.9 Å². The zero-order chi connectivity index (χ0) is 15.1. The molecule has 1 aromatic heterocycles. The van der Waals surface area contributed by atoms with E-state index in [4.69, 9.17) is 14.2 Å². The van der Waals surface area contributed by atoms with Gasteiger partial charge in [-0.05, 0) is 15.9 Å². The van der Waals surface area contributed by atoms with Gasteiger partial charge in [0.15, 0.2) is 6.73 Å². The molecule has 0 atom stereocenters. The quantitative estimate of drug-likeness (QED) is 0.388. The molecule has 0 spiro atoms. The summed E-state index contributed by atoms with van der Waals surface area (Å²) in [7, 11) is 1.47. The molecule has 0 amide bonds. The van der Waals surface area contributed by atoms with Gasteiger partial charge >= 0.3 is 11.7 Å². The van der Waals surface area contributed by atoms with Crippen LogP contribution in [0.3, 0.4) is 0 Å². The summed E-state index contributed by atoms with van der Waals surface area (Å²) in [6, 6.07) is 0. The molecule has 1 rings (SSSR count). The van der Waals surface area contributed by atoms with Gasteiger partial charge in [0.25, 0.3) is 5.56 Å². The molecule has 0 aliphatic rings. The van der Waals surface area contributed by atoms with Crippen molar-refractivity contribution in [3.05, 3.63) is 31.5 Å². The Morgan fingerprint density at radius 3 is 2.70 bits per heavy atom. The summed E-state index contributed by atoms with van der Waals surface area (Å²) in [5, 5.41) is 0. The zero-order valence-electron chi connectivity index (χ0n) is 11.1. The smallest absolute Gasteiger partial charge is 0.333 e. The highest BCUT2D eigenvalue weighted by Gasteiger charge is 2.10. The van der Waals surface area contributed by atoms with Crippen molar-refractivity contribution in [2.45, 2.75) is 20.2 Å². The van der Waals surface area contributed by atoms with Crippen molar-refractivity contribution in [2.75, 3.05) is 20.5 Å². The fourth-order valence-electron chi connectivity index (χ4n) is 1.37. The molecule has 0 aliphatic heterocycles. The second kappa shape index (κ2) is 7.98. The molecule has 0 N–H and O–H groups in total. The molecule has 1 aromatic rings. The fourth-order valence-corrected chi connectivity index (χ4v) is 1.83. The molecule has 20 heavy (non-hydrogen) atoms. The lowest BCUT2D eigenvalue weighted by Gasteiger charge is -2.11. The molecule has 9 heteroatoms. The number of methoxy groups -OCH3 is 1. The van der Waals surface area contributed by atoms with Gasteiger partial charge in [0.1, 0.15) is 6.79 Å². The third-order valence-electron chi connectivity index (χ3n) is 2.26. The van der Waals surface area contributed by atoms with Crippen LogP contribution in [-0.4, -0.2) is 35.6 Å². The largest absolute Gasteiger partial charge is 0.444 e. The molecule has 0 fully saturated rings. The molecule has 0 unspecified atom stereocenters. The SMILES string of the molecule is COCOCCn1c(=O)c(Br)cn(COC(C)=O)c1=O. The third kappa shape index (κ3) is 4.58. The number of rotatable bonds is 7. The number of nitrogens with zero attached hydrogens (tertiary/aromatic N) is 2. The summed E-state index contributed by atoms with van der Waals surface area (Å²) in [6.07, 6.45) is 1.28. The van der Waals surface area contributed by atoms with E-state index in [1.807, 2.05) is 0 Å². The molecule has 0 saturated heterocycles. The Kier molecular flexibility index (Phi) is 6.62. The first-order valence-corrected chi connectivity index (χ1v) is 6.46. The normalized spacial score (nSPS) is 10.6. The molecule has 0 saturated carbocycles. The molecule has 8 nitrogen and oxygen atoms in total. The first kappa shape index (κ1) is 16.6. The lowest BCUT2D eigenvalue weighted by atomic mass is 10.5. The average molecular weight is 351 g/mol. The van der Waals surface area contributed by atoms with Gasteiger partial charge < -0.3 is 14.2 Å². The van der Waals surface area contributed by atoms with Crippen molar-refractivity contribution in [2.24, 2.45) is 0 Å². The van der Waals surface area contributed by atoms with Crippen LogP contribution in [-0.2, 0) is 32.3 Å². The predicted molar refractivity (Wildman–Crippen MR) is 72.3 cm³/mol. The molecule has 0 bridgehead atoms. The highest BCUT2D eigenvalue weighted by atomic mass is 79.9. The maximum absolute atomic E-state index is 12.0. The second-order valence-electron chi connectivity index (χ2n) is 3.77. The van der Waals surface area contributed by atoms with Crippen molar-refractivity contribution in [3.63, 3.8) is 0 Å². The fraction of sp³-hybridized carbons (Fsp3) is 0.545. The van der Waals surface area contributed by atoms with E-state index in [9.17, 15) is 14.4 Å². The monoisotopic (exact) mass is 350 g/mol. The summed E-state index contributed by atoms with van der Waals surface area (Å²) in [5.41, 5.74) is -1.06. The standard InChI is InChI=1S/C11H15BrN2O6/c1-8(15)20-6-13-5-9(12)10(16)14(11(13)17)3-4-19-7-18-2/h5H,3-4,6-7H2,1-2H3. The molecule has 112 valence electrons. The Balaban J connectivity index is 2.94. The lowest BCUT2D eigenvalue weighted by Crippen LogP contribution is -2.41. The Morgan fingerprint density at radius 1 is 1.40 bits per heavy atom. The minimum absolute atomic E-state index is 0.0700. The van der Waals surface area contributed by atoms with Crippen molar-refractivity contribution < 1.29 is 19.0 Å². The molecule has 0 radical (unpaired) electrons. The van der Waals surface area contributed by atoms with Crippen LogP contribution in [0.25, 0.3) is 0 Å². The van der Waals surface area contributed by atoms with E-state index >= 15 is 0 Å². The van der Waals surface area contributed by atoms with Crippen LogP contribution in [0.5, 0.6) is 0 Å². The predicted octanol–water partition coefficient (Wildman–Crippen LogP) is -0.0864. The van der Waals surface area contributed by atoms with E-state index in [1.165, 1.54) is 20.2 Å². The van der Waals surface area contributed by atoms with E-state index in [0.29, 0.717) is 0 Å². The van der Waals surface area contributed by atoms with Crippen LogP contribution < -0.4 is 11.2 Å². The van der Waals surface area contributed by atoms with Gasteiger partial charge in [0.05, 0.1) is 17.6 Å². The van der Waals surface area contributed by atoms with E-state index in [0.717, 1.165) is 9.13 Å². The van der Waals surface area contributed by atoms with E-state index < -0.39 is 17.2 Å². The number of aromatic nitrogens is 2. The Bertz CT molecular complexity index is 579. The van der Waals surface area contributed by atoms with Crippen LogP contribution in [0, 0.1) is 0 Å². The molecule has 1 heterocycles. The summed E-state index contributed by atoms with van der Waals surface area (Å²) in [5.74, 6) is -0.519. The average Bonchev–Trinajstić information content (AvgIpc) is 2.40. The van der Waals surface area contributed by atoms with Gasteiger partial charge in [0.2, 0.25) is 0 Å². The van der Waals surface area contributed by atoms with Crippen molar-refractivity contribution in [1.29, 1.82) is 0 Å².